The lowest BCUT2D eigenvalue weighted by atomic mass is 9.93. The molecule has 2 heterocycles. The Labute approximate surface area is 130 Å². The van der Waals surface area contributed by atoms with Crippen LogP contribution in [0.1, 0.15) is 25.7 Å². The SMILES string of the molecule is O=C(O)CCC1CCN(S(=O)(=O)c2sccc2Br)CC1. The van der Waals surface area contributed by atoms with Crippen LogP contribution in [-0.2, 0) is 14.8 Å². The molecule has 0 spiro atoms. The van der Waals surface area contributed by atoms with E-state index in [1.807, 2.05) is 0 Å². The van der Waals surface area contributed by atoms with Gasteiger partial charge in [0.05, 0.1) is 0 Å². The van der Waals surface area contributed by atoms with Crippen LogP contribution >= 0.6 is 27.3 Å². The van der Waals surface area contributed by atoms with Gasteiger partial charge in [-0.25, -0.2) is 8.42 Å². The molecule has 0 aromatic carbocycles. The quantitative estimate of drug-likeness (QED) is 0.850. The maximum atomic E-state index is 12.5. The lowest BCUT2D eigenvalue weighted by Gasteiger charge is -2.30. The van der Waals surface area contributed by atoms with E-state index in [-0.39, 0.29) is 6.42 Å². The number of hydrogen-bond donors (Lipinski definition) is 1. The molecule has 1 aliphatic rings. The summed E-state index contributed by atoms with van der Waals surface area (Å²) < 4.78 is 27.4. The van der Waals surface area contributed by atoms with Crippen LogP contribution in [-0.4, -0.2) is 36.9 Å². The Bertz CT molecular complexity index is 576. The molecule has 1 N–H and O–H groups in total. The van der Waals surface area contributed by atoms with Gasteiger partial charge in [-0.1, -0.05) is 0 Å². The van der Waals surface area contributed by atoms with Crippen molar-refractivity contribution in [1.29, 1.82) is 0 Å². The van der Waals surface area contributed by atoms with E-state index < -0.39 is 16.0 Å². The predicted molar refractivity (Wildman–Crippen MR) is 80.4 cm³/mol. The Balaban J connectivity index is 1.97. The molecule has 20 heavy (non-hydrogen) atoms. The van der Waals surface area contributed by atoms with Crippen LogP contribution in [0.25, 0.3) is 0 Å². The standard InChI is InChI=1S/C12H16BrNO4S2/c13-10-5-8-19-12(10)20(17,18)14-6-3-9(4-7-14)1-2-11(15)16/h5,8-9H,1-4,6-7H2,(H,15,16). The van der Waals surface area contributed by atoms with Crippen molar-refractivity contribution in [2.24, 2.45) is 5.92 Å². The fraction of sp³-hybridized carbons (Fsp3) is 0.583. The maximum Gasteiger partial charge on any atom is 0.303 e. The molecule has 1 aromatic heterocycles. The molecule has 0 atom stereocenters. The molecule has 112 valence electrons. The number of halogens is 1. The highest BCUT2D eigenvalue weighted by atomic mass is 79.9. The lowest BCUT2D eigenvalue weighted by Crippen LogP contribution is -2.38. The zero-order valence-corrected chi connectivity index (χ0v) is 14.0. The first kappa shape index (κ1) is 15.9. The van der Waals surface area contributed by atoms with Gasteiger partial charge in [0.1, 0.15) is 4.21 Å². The normalized spacial score (nSPS) is 18.2. The monoisotopic (exact) mass is 381 g/mol. The van der Waals surface area contributed by atoms with Crippen LogP contribution in [0.15, 0.2) is 20.1 Å². The second-order valence-corrected chi connectivity index (χ2v) is 8.74. The van der Waals surface area contributed by atoms with Gasteiger partial charge in [-0.3, -0.25) is 4.79 Å². The number of sulfonamides is 1. The van der Waals surface area contributed by atoms with Crippen molar-refractivity contribution in [2.45, 2.75) is 29.9 Å². The smallest absolute Gasteiger partial charge is 0.303 e. The Morgan fingerprint density at radius 2 is 2.10 bits per heavy atom. The van der Waals surface area contributed by atoms with Crippen molar-refractivity contribution in [2.75, 3.05) is 13.1 Å². The molecule has 2 rings (SSSR count). The van der Waals surface area contributed by atoms with Gasteiger partial charge in [0.25, 0.3) is 10.0 Å². The number of aliphatic carboxylic acids is 1. The zero-order chi connectivity index (χ0) is 14.8. The van der Waals surface area contributed by atoms with Crippen molar-refractivity contribution < 1.29 is 18.3 Å². The minimum Gasteiger partial charge on any atom is -0.481 e. The van der Waals surface area contributed by atoms with E-state index in [9.17, 15) is 13.2 Å². The van der Waals surface area contributed by atoms with Crippen LogP contribution in [0.5, 0.6) is 0 Å². The molecule has 0 amide bonds. The first-order chi connectivity index (χ1) is 9.41. The summed E-state index contributed by atoms with van der Waals surface area (Å²) in [7, 11) is -3.42. The second-order valence-electron chi connectivity index (χ2n) is 4.84. The van der Waals surface area contributed by atoms with Crippen LogP contribution in [0.3, 0.4) is 0 Å². The molecule has 1 aromatic rings. The third-order valence-corrected chi connectivity index (χ3v) is 8.04. The Morgan fingerprint density at radius 1 is 1.45 bits per heavy atom. The first-order valence-corrected chi connectivity index (χ1v) is 9.47. The highest BCUT2D eigenvalue weighted by molar-refractivity contribution is 9.10. The van der Waals surface area contributed by atoms with Crippen LogP contribution in [0.4, 0.5) is 0 Å². The minimum atomic E-state index is -3.42. The molecule has 1 saturated heterocycles. The number of piperidine rings is 1. The Hall–Kier alpha value is -0.440. The van der Waals surface area contributed by atoms with Gasteiger partial charge in [-0.15, -0.1) is 11.3 Å². The summed E-state index contributed by atoms with van der Waals surface area (Å²) in [4.78, 5) is 10.5. The summed E-state index contributed by atoms with van der Waals surface area (Å²) in [6.07, 6.45) is 2.25. The van der Waals surface area contributed by atoms with Gasteiger partial charge in [0, 0.05) is 24.0 Å². The Kier molecular flexibility index (Phi) is 5.22. The average molecular weight is 382 g/mol. The van der Waals surface area contributed by atoms with Gasteiger partial charge >= 0.3 is 5.97 Å². The molecule has 0 aliphatic carbocycles. The molecule has 0 unspecified atom stereocenters. The largest absolute Gasteiger partial charge is 0.481 e. The third kappa shape index (κ3) is 3.60. The first-order valence-electron chi connectivity index (χ1n) is 6.36. The van der Waals surface area contributed by atoms with Crippen molar-refractivity contribution in [3.05, 3.63) is 15.9 Å². The number of carboxylic acids is 1. The van der Waals surface area contributed by atoms with Crippen LogP contribution in [0, 0.1) is 5.92 Å². The van der Waals surface area contributed by atoms with Crippen molar-refractivity contribution in [3.63, 3.8) is 0 Å². The van der Waals surface area contributed by atoms with Gasteiger partial charge in [0.15, 0.2) is 0 Å². The molecule has 1 fully saturated rings. The number of thiophene rings is 1. The Morgan fingerprint density at radius 3 is 2.60 bits per heavy atom. The molecule has 5 nitrogen and oxygen atoms in total. The molecule has 0 radical (unpaired) electrons. The summed E-state index contributed by atoms with van der Waals surface area (Å²) in [5.74, 6) is -0.480. The summed E-state index contributed by atoms with van der Waals surface area (Å²) in [5.41, 5.74) is 0. The zero-order valence-electron chi connectivity index (χ0n) is 10.8. The lowest BCUT2D eigenvalue weighted by molar-refractivity contribution is -0.137. The highest BCUT2D eigenvalue weighted by Gasteiger charge is 2.31. The van der Waals surface area contributed by atoms with E-state index in [0.29, 0.717) is 34.1 Å². The molecule has 8 heteroatoms. The molecular weight excluding hydrogens is 366 g/mol. The highest BCUT2D eigenvalue weighted by Crippen LogP contribution is 2.33. The summed E-state index contributed by atoms with van der Waals surface area (Å²) in [6.45, 7) is 0.938. The van der Waals surface area contributed by atoms with Crippen LogP contribution < -0.4 is 0 Å². The predicted octanol–water partition coefficient (Wildman–Crippen LogP) is 2.78. The number of hydrogen-bond acceptors (Lipinski definition) is 4. The number of rotatable bonds is 5. The fourth-order valence-electron chi connectivity index (χ4n) is 2.35. The van der Waals surface area contributed by atoms with E-state index in [1.54, 1.807) is 11.4 Å². The minimum absolute atomic E-state index is 0.161. The van der Waals surface area contributed by atoms with Crippen molar-refractivity contribution in [1.82, 2.24) is 4.31 Å². The third-order valence-electron chi connectivity index (χ3n) is 3.50. The molecule has 0 saturated carbocycles. The number of nitrogens with zero attached hydrogens (tertiary/aromatic N) is 1. The van der Waals surface area contributed by atoms with E-state index >= 15 is 0 Å². The van der Waals surface area contributed by atoms with Gasteiger partial charge in [0.2, 0.25) is 0 Å². The number of carbonyl (C=O) groups is 1. The fourth-order valence-corrected chi connectivity index (χ4v) is 6.27. The molecular formula is C12H16BrNO4S2. The summed E-state index contributed by atoms with van der Waals surface area (Å²) >= 11 is 4.47. The van der Waals surface area contributed by atoms with E-state index in [1.165, 1.54) is 15.6 Å². The van der Waals surface area contributed by atoms with Gasteiger partial charge in [-0.05, 0) is 52.6 Å². The summed E-state index contributed by atoms with van der Waals surface area (Å²) in [6, 6.07) is 1.73. The maximum absolute atomic E-state index is 12.5. The van der Waals surface area contributed by atoms with Gasteiger partial charge < -0.3 is 5.11 Å². The van der Waals surface area contributed by atoms with Crippen molar-refractivity contribution in [3.8, 4) is 0 Å². The van der Waals surface area contributed by atoms with Crippen LogP contribution in [0.2, 0.25) is 0 Å². The molecule has 1 aliphatic heterocycles. The van der Waals surface area contributed by atoms with E-state index in [0.717, 1.165) is 12.8 Å². The topological polar surface area (TPSA) is 74.7 Å². The van der Waals surface area contributed by atoms with Gasteiger partial charge in [-0.2, -0.15) is 4.31 Å². The van der Waals surface area contributed by atoms with Crippen molar-refractivity contribution >= 4 is 43.3 Å². The second kappa shape index (κ2) is 6.55. The van der Waals surface area contributed by atoms with E-state index in [2.05, 4.69) is 15.9 Å². The van der Waals surface area contributed by atoms with E-state index in [4.69, 9.17) is 5.11 Å². The summed E-state index contributed by atoms with van der Waals surface area (Å²) in [5, 5.41) is 10.4. The molecule has 0 bridgehead atoms. The average Bonchev–Trinajstić information content (AvgIpc) is 2.84. The number of carboxylic acid groups (broad SMARTS) is 1.